The Morgan fingerprint density at radius 2 is 1.86 bits per heavy atom. The molecular weight excluding hydrogens is 376 g/mol. The van der Waals surface area contributed by atoms with Crippen LogP contribution in [0.4, 0.5) is 8.78 Å². The number of aliphatic imine (C=N–C) groups is 1. The number of alkyl halides is 2. The van der Waals surface area contributed by atoms with Gasteiger partial charge >= 0.3 is 6.61 Å². The van der Waals surface area contributed by atoms with E-state index >= 15 is 0 Å². The molecule has 2 aromatic carbocycles. The number of nitrogens with zero attached hydrogens (tertiary/aromatic N) is 3. The SMILES string of the molecule is CN=C(NCCc1cnn(-c2ccccc2)c1)NCc1ccccc1OC(F)F. The van der Waals surface area contributed by atoms with E-state index < -0.39 is 6.61 Å². The summed E-state index contributed by atoms with van der Waals surface area (Å²) in [5, 5.41) is 10.7. The first-order valence-corrected chi connectivity index (χ1v) is 9.22. The van der Waals surface area contributed by atoms with Crippen molar-refractivity contribution in [3.05, 3.63) is 78.1 Å². The molecule has 29 heavy (non-hydrogen) atoms. The summed E-state index contributed by atoms with van der Waals surface area (Å²) in [5.41, 5.74) is 2.72. The maximum atomic E-state index is 12.5. The Bertz CT molecular complexity index is 928. The van der Waals surface area contributed by atoms with Crippen LogP contribution >= 0.6 is 0 Å². The number of hydrogen-bond donors (Lipinski definition) is 2. The highest BCUT2D eigenvalue weighted by Gasteiger charge is 2.09. The lowest BCUT2D eigenvalue weighted by Crippen LogP contribution is -2.37. The van der Waals surface area contributed by atoms with Crippen LogP contribution in [0, 0.1) is 0 Å². The number of guanidine groups is 1. The van der Waals surface area contributed by atoms with E-state index in [0.717, 1.165) is 17.7 Å². The van der Waals surface area contributed by atoms with Gasteiger partial charge in [0, 0.05) is 31.9 Å². The molecule has 8 heteroatoms. The molecule has 0 aliphatic carbocycles. The largest absolute Gasteiger partial charge is 0.434 e. The molecule has 0 saturated carbocycles. The first kappa shape index (κ1) is 20.3. The summed E-state index contributed by atoms with van der Waals surface area (Å²) in [5.74, 6) is 0.728. The first-order chi connectivity index (χ1) is 14.2. The van der Waals surface area contributed by atoms with Gasteiger partial charge in [0.05, 0.1) is 11.9 Å². The molecule has 0 radical (unpaired) electrons. The minimum absolute atomic E-state index is 0.152. The molecule has 3 rings (SSSR count). The molecular formula is C21H23F2N5O. The fraction of sp³-hybridized carbons (Fsp3) is 0.238. The summed E-state index contributed by atoms with van der Waals surface area (Å²) in [4.78, 5) is 4.16. The van der Waals surface area contributed by atoms with Crippen LogP contribution in [0.25, 0.3) is 5.69 Å². The molecule has 6 nitrogen and oxygen atoms in total. The minimum Gasteiger partial charge on any atom is -0.434 e. The number of halogens is 2. The second-order valence-electron chi connectivity index (χ2n) is 6.22. The van der Waals surface area contributed by atoms with Crippen molar-refractivity contribution >= 4 is 5.96 Å². The second kappa shape index (κ2) is 10.2. The van der Waals surface area contributed by atoms with Gasteiger partial charge in [0.25, 0.3) is 0 Å². The quantitative estimate of drug-likeness (QED) is 0.450. The van der Waals surface area contributed by atoms with E-state index in [9.17, 15) is 8.78 Å². The number of nitrogens with one attached hydrogen (secondary N) is 2. The molecule has 1 heterocycles. The Kier molecular flexibility index (Phi) is 7.16. The highest BCUT2D eigenvalue weighted by atomic mass is 19.3. The molecule has 0 unspecified atom stereocenters. The Morgan fingerprint density at radius 1 is 1.10 bits per heavy atom. The monoisotopic (exact) mass is 399 g/mol. The van der Waals surface area contributed by atoms with Gasteiger partial charge in [0.2, 0.25) is 0 Å². The van der Waals surface area contributed by atoms with Crippen molar-refractivity contribution < 1.29 is 13.5 Å². The number of aromatic nitrogens is 2. The first-order valence-electron chi connectivity index (χ1n) is 9.22. The van der Waals surface area contributed by atoms with E-state index in [-0.39, 0.29) is 5.75 Å². The van der Waals surface area contributed by atoms with Gasteiger partial charge in [-0.05, 0) is 30.2 Å². The zero-order chi connectivity index (χ0) is 20.5. The minimum atomic E-state index is -2.86. The number of ether oxygens (including phenoxy) is 1. The van der Waals surface area contributed by atoms with Crippen LogP contribution in [-0.4, -0.2) is 35.9 Å². The van der Waals surface area contributed by atoms with Crippen molar-refractivity contribution in [1.82, 2.24) is 20.4 Å². The molecule has 3 aromatic rings. The predicted octanol–water partition coefficient (Wildman–Crippen LogP) is 3.38. The molecule has 0 spiro atoms. The van der Waals surface area contributed by atoms with Crippen LogP contribution in [0.2, 0.25) is 0 Å². The van der Waals surface area contributed by atoms with Crippen molar-refractivity contribution in [3.8, 4) is 11.4 Å². The fourth-order valence-corrected chi connectivity index (χ4v) is 2.80. The smallest absolute Gasteiger partial charge is 0.387 e. The lowest BCUT2D eigenvalue weighted by atomic mass is 10.2. The Morgan fingerprint density at radius 3 is 2.62 bits per heavy atom. The van der Waals surface area contributed by atoms with Gasteiger partial charge in [-0.2, -0.15) is 13.9 Å². The summed E-state index contributed by atoms with van der Waals surface area (Å²) in [7, 11) is 1.66. The van der Waals surface area contributed by atoms with Crippen LogP contribution in [0.5, 0.6) is 5.75 Å². The third-order valence-corrected chi connectivity index (χ3v) is 4.22. The van der Waals surface area contributed by atoms with Crippen LogP contribution < -0.4 is 15.4 Å². The van der Waals surface area contributed by atoms with Crippen LogP contribution in [0.15, 0.2) is 72.0 Å². The predicted molar refractivity (Wildman–Crippen MR) is 109 cm³/mol. The number of para-hydroxylation sites is 2. The lowest BCUT2D eigenvalue weighted by Gasteiger charge is -2.14. The maximum Gasteiger partial charge on any atom is 0.387 e. The van der Waals surface area contributed by atoms with Crippen LogP contribution in [0.3, 0.4) is 0 Å². The van der Waals surface area contributed by atoms with Crippen LogP contribution in [0.1, 0.15) is 11.1 Å². The van der Waals surface area contributed by atoms with E-state index in [1.54, 1.807) is 25.2 Å². The Hall–Kier alpha value is -3.42. The molecule has 0 saturated heterocycles. The molecule has 0 amide bonds. The molecule has 2 N–H and O–H groups in total. The van der Waals surface area contributed by atoms with Crippen molar-refractivity contribution in [2.45, 2.75) is 19.6 Å². The van der Waals surface area contributed by atoms with Crippen molar-refractivity contribution in [3.63, 3.8) is 0 Å². The topological polar surface area (TPSA) is 63.5 Å². The zero-order valence-corrected chi connectivity index (χ0v) is 16.1. The standard InChI is InChI=1S/C21H23F2N5O/c1-24-21(26-14-17-7-5-6-10-19(17)29-20(22)23)25-12-11-16-13-27-28(15-16)18-8-3-2-4-9-18/h2-10,13,15,20H,11-12,14H2,1H3,(H2,24,25,26). The average molecular weight is 399 g/mol. The van der Waals surface area contributed by atoms with Crippen molar-refractivity contribution in [1.29, 1.82) is 0 Å². The van der Waals surface area contributed by atoms with E-state index in [2.05, 4.69) is 25.5 Å². The summed E-state index contributed by atoms with van der Waals surface area (Å²) in [6.07, 6.45) is 4.59. The van der Waals surface area contributed by atoms with Gasteiger partial charge in [0.15, 0.2) is 5.96 Å². The number of benzene rings is 2. The Balaban J connectivity index is 1.49. The normalized spacial score (nSPS) is 11.5. The fourth-order valence-electron chi connectivity index (χ4n) is 2.80. The van der Waals surface area contributed by atoms with Gasteiger partial charge in [-0.3, -0.25) is 4.99 Å². The third kappa shape index (κ3) is 6.03. The van der Waals surface area contributed by atoms with E-state index in [4.69, 9.17) is 0 Å². The summed E-state index contributed by atoms with van der Waals surface area (Å²) in [6.45, 7) is -1.89. The highest BCUT2D eigenvalue weighted by Crippen LogP contribution is 2.19. The molecule has 152 valence electrons. The molecule has 0 fully saturated rings. The van der Waals surface area contributed by atoms with Gasteiger partial charge in [-0.15, -0.1) is 0 Å². The lowest BCUT2D eigenvalue weighted by molar-refractivity contribution is -0.0504. The van der Waals surface area contributed by atoms with Gasteiger partial charge < -0.3 is 15.4 Å². The number of rotatable bonds is 8. The van der Waals surface area contributed by atoms with Crippen molar-refractivity contribution in [2.75, 3.05) is 13.6 Å². The third-order valence-electron chi connectivity index (χ3n) is 4.22. The highest BCUT2D eigenvalue weighted by molar-refractivity contribution is 5.79. The molecule has 1 aromatic heterocycles. The molecule has 0 aliphatic heterocycles. The van der Waals surface area contributed by atoms with Crippen LogP contribution in [-0.2, 0) is 13.0 Å². The summed E-state index contributed by atoms with van der Waals surface area (Å²) >= 11 is 0. The van der Waals surface area contributed by atoms with Gasteiger partial charge in [-0.1, -0.05) is 36.4 Å². The molecule has 0 bridgehead atoms. The van der Waals surface area contributed by atoms with Crippen molar-refractivity contribution in [2.24, 2.45) is 4.99 Å². The summed E-state index contributed by atoms with van der Waals surface area (Å²) in [6, 6.07) is 16.6. The summed E-state index contributed by atoms with van der Waals surface area (Å²) < 4.78 is 31.4. The van der Waals surface area contributed by atoms with E-state index in [0.29, 0.717) is 24.6 Å². The molecule has 0 aliphatic rings. The molecule has 0 atom stereocenters. The van der Waals surface area contributed by atoms with Gasteiger partial charge in [0.1, 0.15) is 5.75 Å². The van der Waals surface area contributed by atoms with E-state index in [1.807, 2.05) is 47.4 Å². The zero-order valence-electron chi connectivity index (χ0n) is 16.1. The Labute approximate surface area is 168 Å². The second-order valence-corrected chi connectivity index (χ2v) is 6.22. The number of hydrogen-bond acceptors (Lipinski definition) is 3. The van der Waals surface area contributed by atoms with E-state index in [1.165, 1.54) is 6.07 Å². The van der Waals surface area contributed by atoms with Gasteiger partial charge in [-0.25, -0.2) is 4.68 Å². The maximum absolute atomic E-state index is 12.5. The average Bonchev–Trinajstić information content (AvgIpc) is 3.21.